The molecule has 2 rings (SSSR count). The van der Waals surface area contributed by atoms with Gasteiger partial charge in [0.05, 0.1) is 6.54 Å². The van der Waals surface area contributed by atoms with E-state index >= 15 is 0 Å². The Kier molecular flexibility index (Phi) is 6.19. The van der Waals surface area contributed by atoms with Crippen molar-refractivity contribution in [2.45, 2.75) is 46.6 Å². The van der Waals surface area contributed by atoms with Gasteiger partial charge in [-0.2, -0.15) is 5.10 Å². The lowest BCUT2D eigenvalue weighted by molar-refractivity contribution is -0.136. The van der Waals surface area contributed by atoms with E-state index < -0.39 is 0 Å². The van der Waals surface area contributed by atoms with Crippen LogP contribution in [0, 0.1) is 18.8 Å². The van der Waals surface area contributed by atoms with E-state index in [1.165, 1.54) is 0 Å². The molecule has 1 fully saturated rings. The topological polar surface area (TPSA) is 67.2 Å². The van der Waals surface area contributed by atoms with Crippen LogP contribution in [0.5, 0.6) is 0 Å². The van der Waals surface area contributed by atoms with E-state index in [0.717, 1.165) is 31.6 Å². The van der Waals surface area contributed by atoms with E-state index in [4.69, 9.17) is 0 Å². The minimum Gasteiger partial charge on any atom is -0.354 e. The third-order valence-electron chi connectivity index (χ3n) is 4.47. The quantitative estimate of drug-likeness (QED) is 0.865. The number of nitrogens with one attached hydrogen (secondary N) is 1. The van der Waals surface area contributed by atoms with Crippen LogP contribution in [0.2, 0.25) is 0 Å². The largest absolute Gasteiger partial charge is 0.354 e. The van der Waals surface area contributed by atoms with Crippen molar-refractivity contribution in [1.82, 2.24) is 20.0 Å². The Morgan fingerprint density at radius 1 is 1.35 bits per heavy atom. The van der Waals surface area contributed by atoms with Crippen LogP contribution < -0.4 is 5.32 Å². The van der Waals surface area contributed by atoms with Gasteiger partial charge in [-0.25, -0.2) is 0 Å². The molecule has 0 aromatic carbocycles. The number of hydrogen-bond donors (Lipinski definition) is 1. The maximum atomic E-state index is 12.0. The van der Waals surface area contributed by atoms with Crippen molar-refractivity contribution in [2.75, 3.05) is 19.6 Å². The number of aryl methyl sites for hydroxylation is 1. The van der Waals surface area contributed by atoms with Crippen LogP contribution in [0.1, 0.15) is 38.8 Å². The summed E-state index contributed by atoms with van der Waals surface area (Å²) in [6, 6.07) is 1.95. The van der Waals surface area contributed by atoms with Gasteiger partial charge in [0.2, 0.25) is 11.8 Å². The summed E-state index contributed by atoms with van der Waals surface area (Å²) in [5.74, 6) is 0.768. The van der Waals surface area contributed by atoms with Gasteiger partial charge in [0, 0.05) is 43.9 Å². The highest BCUT2D eigenvalue weighted by molar-refractivity contribution is 5.78. The Hall–Kier alpha value is -1.85. The van der Waals surface area contributed by atoms with Crippen molar-refractivity contribution in [2.24, 2.45) is 11.8 Å². The average Bonchev–Trinajstić information content (AvgIpc) is 2.92. The maximum Gasteiger partial charge on any atom is 0.225 e. The molecule has 0 radical (unpaired) electrons. The number of carbonyl (C=O) groups excluding carboxylic acids is 2. The van der Waals surface area contributed by atoms with Crippen molar-refractivity contribution in [3.8, 4) is 0 Å². The van der Waals surface area contributed by atoms with Crippen LogP contribution in [-0.2, 0) is 16.1 Å². The van der Waals surface area contributed by atoms with E-state index in [-0.39, 0.29) is 17.7 Å². The van der Waals surface area contributed by atoms with Crippen molar-refractivity contribution < 1.29 is 9.59 Å². The summed E-state index contributed by atoms with van der Waals surface area (Å²) in [4.78, 5) is 25.9. The molecule has 2 heterocycles. The number of piperidine rings is 1. The molecule has 128 valence electrons. The lowest BCUT2D eigenvalue weighted by Gasteiger charge is -2.32. The van der Waals surface area contributed by atoms with Gasteiger partial charge in [-0.3, -0.25) is 14.3 Å². The molecule has 0 unspecified atom stereocenters. The number of nitrogens with zero attached hydrogens (tertiary/aromatic N) is 3. The van der Waals surface area contributed by atoms with Gasteiger partial charge in [-0.1, -0.05) is 13.8 Å². The van der Waals surface area contributed by atoms with Crippen LogP contribution in [0.4, 0.5) is 0 Å². The number of hydrogen-bond acceptors (Lipinski definition) is 3. The van der Waals surface area contributed by atoms with Gasteiger partial charge in [0.1, 0.15) is 0 Å². The minimum atomic E-state index is 0.0561. The summed E-state index contributed by atoms with van der Waals surface area (Å²) in [5, 5.41) is 7.16. The first-order valence-electron chi connectivity index (χ1n) is 8.51. The van der Waals surface area contributed by atoms with Gasteiger partial charge >= 0.3 is 0 Å². The fourth-order valence-electron chi connectivity index (χ4n) is 2.99. The number of amides is 2. The van der Waals surface area contributed by atoms with E-state index in [2.05, 4.69) is 10.4 Å². The molecule has 0 spiro atoms. The Labute approximate surface area is 138 Å². The molecule has 0 saturated carbocycles. The fourth-order valence-corrected chi connectivity index (χ4v) is 2.99. The summed E-state index contributed by atoms with van der Waals surface area (Å²) in [7, 11) is 0. The number of likely N-dealkylation sites (tertiary alicyclic amines) is 1. The van der Waals surface area contributed by atoms with Gasteiger partial charge in [-0.15, -0.1) is 0 Å². The predicted octanol–water partition coefficient (Wildman–Crippen LogP) is 1.59. The molecule has 1 aliphatic heterocycles. The second kappa shape index (κ2) is 8.13. The van der Waals surface area contributed by atoms with E-state index in [9.17, 15) is 9.59 Å². The van der Waals surface area contributed by atoms with Crippen LogP contribution >= 0.6 is 0 Å². The first kappa shape index (κ1) is 17.5. The molecule has 0 bridgehead atoms. The summed E-state index contributed by atoms with van der Waals surface area (Å²) in [6.45, 7) is 8.73. The Bertz CT molecular complexity index is 530. The molecular weight excluding hydrogens is 292 g/mol. The normalized spacial score (nSPS) is 15.9. The molecule has 0 aliphatic carbocycles. The van der Waals surface area contributed by atoms with Crippen LogP contribution in [0.25, 0.3) is 0 Å². The van der Waals surface area contributed by atoms with Crippen LogP contribution in [-0.4, -0.2) is 46.1 Å². The standard InChI is InChI=1S/C17H28N4O2/c1-13(2)17(23)20-9-5-15(6-10-20)12-16(22)18-8-11-21-14(3)4-7-19-21/h4,7,13,15H,5-6,8-12H2,1-3H3,(H,18,22). The van der Waals surface area contributed by atoms with E-state index in [1.807, 2.05) is 36.4 Å². The summed E-state index contributed by atoms with van der Waals surface area (Å²) < 4.78 is 1.89. The SMILES string of the molecule is Cc1ccnn1CCNC(=O)CC1CCN(C(=O)C(C)C)CC1. The Morgan fingerprint density at radius 2 is 2.04 bits per heavy atom. The molecule has 1 aliphatic rings. The highest BCUT2D eigenvalue weighted by Gasteiger charge is 2.25. The second-order valence-corrected chi connectivity index (χ2v) is 6.67. The van der Waals surface area contributed by atoms with Crippen molar-refractivity contribution in [3.05, 3.63) is 18.0 Å². The summed E-state index contributed by atoms with van der Waals surface area (Å²) >= 11 is 0. The fraction of sp³-hybridized carbons (Fsp3) is 0.706. The third kappa shape index (κ3) is 5.08. The molecule has 6 heteroatoms. The first-order valence-corrected chi connectivity index (χ1v) is 8.51. The highest BCUT2D eigenvalue weighted by atomic mass is 16.2. The van der Waals surface area contributed by atoms with E-state index in [0.29, 0.717) is 25.4 Å². The molecule has 1 N–H and O–H groups in total. The molecule has 2 amide bonds. The molecule has 1 aromatic rings. The lowest BCUT2D eigenvalue weighted by Crippen LogP contribution is -2.41. The van der Waals surface area contributed by atoms with E-state index in [1.54, 1.807) is 6.20 Å². The minimum absolute atomic E-state index is 0.0561. The molecule has 6 nitrogen and oxygen atoms in total. The second-order valence-electron chi connectivity index (χ2n) is 6.67. The zero-order valence-corrected chi connectivity index (χ0v) is 14.4. The number of carbonyl (C=O) groups is 2. The Morgan fingerprint density at radius 3 is 2.61 bits per heavy atom. The molecule has 1 saturated heterocycles. The molecular formula is C17H28N4O2. The van der Waals surface area contributed by atoms with Crippen molar-refractivity contribution >= 4 is 11.8 Å². The maximum absolute atomic E-state index is 12.0. The van der Waals surface area contributed by atoms with Gasteiger partial charge in [0.15, 0.2) is 0 Å². The third-order valence-corrected chi connectivity index (χ3v) is 4.47. The monoisotopic (exact) mass is 320 g/mol. The van der Waals surface area contributed by atoms with Crippen LogP contribution in [0.15, 0.2) is 12.3 Å². The first-order chi connectivity index (χ1) is 11.0. The van der Waals surface area contributed by atoms with Gasteiger partial charge in [0.25, 0.3) is 0 Å². The average molecular weight is 320 g/mol. The zero-order chi connectivity index (χ0) is 16.8. The van der Waals surface area contributed by atoms with Crippen molar-refractivity contribution in [3.63, 3.8) is 0 Å². The Balaban J connectivity index is 1.65. The predicted molar refractivity (Wildman–Crippen MR) is 88.7 cm³/mol. The number of aromatic nitrogens is 2. The van der Waals surface area contributed by atoms with Gasteiger partial charge < -0.3 is 10.2 Å². The summed E-state index contributed by atoms with van der Waals surface area (Å²) in [5.41, 5.74) is 1.10. The molecule has 0 atom stereocenters. The zero-order valence-electron chi connectivity index (χ0n) is 14.4. The van der Waals surface area contributed by atoms with Crippen LogP contribution in [0.3, 0.4) is 0 Å². The summed E-state index contributed by atoms with van der Waals surface area (Å²) in [6.07, 6.45) is 4.17. The highest BCUT2D eigenvalue weighted by Crippen LogP contribution is 2.21. The van der Waals surface area contributed by atoms with Crippen molar-refractivity contribution in [1.29, 1.82) is 0 Å². The smallest absolute Gasteiger partial charge is 0.225 e. The number of rotatable bonds is 6. The molecule has 23 heavy (non-hydrogen) atoms. The molecule has 1 aromatic heterocycles. The van der Waals surface area contributed by atoms with Gasteiger partial charge in [-0.05, 0) is 31.7 Å². The lowest BCUT2D eigenvalue weighted by atomic mass is 9.92.